The van der Waals surface area contributed by atoms with Gasteiger partial charge in [-0.3, -0.25) is 0 Å². The van der Waals surface area contributed by atoms with Crippen LogP contribution in [0.2, 0.25) is 6.32 Å². The normalized spacial score (nSPS) is 13.8. The first-order valence-electron chi connectivity index (χ1n) is 16.4. The number of allylic oxidation sites excluding steroid dienone is 2. The van der Waals surface area contributed by atoms with Gasteiger partial charge in [0.1, 0.15) is 0 Å². The molecule has 242 valence electrons. The molecule has 0 saturated heterocycles. The van der Waals surface area contributed by atoms with Crippen LogP contribution in [0.25, 0.3) is 0 Å². The van der Waals surface area contributed by atoms with E-state index >= 15 is 0 Å². The first kappa shape index (κ1) is 38.8. The molecule has 0 N–H and O–H groups in total. The van der Waals surface area contributed by atoms with Crippen molar-refractivity contribution in [2.75, 3.05) is 0 Å². The Morgan fingerprint density at radius 1 is 0.886 bits per heavy atom. The number of hydrogen-bond acceptors (Lipinski definition) is 3. The number of aromatic nitrogens is 2. The molecule has 0 fully saturated rings. The first-order valence-corrected chi connectivity index (χ1v) is 18.8. The predicted molar refractivity (Wildman–Crippen MR) is 206 cm³/mol. The lowest BCUT2D eigenvalue weighted by molar-refractivity contribution is 0.307. The highest BCUT2D eigenvalue weighted by Crippen LogP contribution is 2.33. The second kappa shape index (κ2) is 18.7. The molecule has 2 aromatic carbocycles. The van der Waals surface area contributed by atoms with Crippen LogP contribution < -0.4 is 10.9 Å². The molecule has 2 nitrogen and oxygen atoms in total. The number of hydrogen-bond donors (Lipinski definition) is 0. The van der Waals surface area contributed by atoms with Crippen molar-refractivity contribution in [2.45, 2.75) is 128 Å². The molecule has 1 aromatic heterocycles. The smallest absolute Gasteiger partial charge is 0.216 e. The van der Waals surface area contributed by atoms with E-state index in [1.165, 1.54) is 44.5 Å². The number of benzene rings is 2. The first-order chi connectivity index (χ1) is 20.6. The van der Waals surface area contributed by atoms with Gasteiger partial charge in [-0.1, -0.05) is 145 Å². The van der Waals surface area contributed by atoms with E-state index < -0.39 is 0 Å². The largest absolute Gasteiger partial charge is 0.337 e. The predicted octanol–water partition coefficient (Wildman–Crippen LogP) is 11.4. The van der Waals surface area contributed by atoms with Gasteiger partial charge in [-0.15, -0.1) is 23.5 Å². The van der Waals surface area contributed by atoms with Gasteiger partial charge in [0.25, 0.3) is 0 Å². The second-order valence-corrected chi connectivity index (χ2v) is 19.6. The van der Waals surface area contributed by atoms with Crippen molar-refractivity contribution < 1.29 is 0 Å². The highest BCUT2D eigenvalue weighted by atomic mass is 79.9. The van der Waals surface area contributed by atoms with Crippen LogP contribution in [0.3, 0.4) is 0 Å². The minimum absolute atomic E-state index is 0.182. The van der Waals surface area contributed by atoms with E-state index in [9.17, 15) is 0 Å². The fourth-order valence-electron chi connectivity index (χ4n) is 5.62. The summed E-state index contributed by atoms with van der Waals surface area (Å²) in [5.41, 5.74) is 2.85. The standard InChI is InChI=1S/C24H32BBrS2.C14H26N2/c1-18(26)16-17-25(19-12-8-10-14-21(19)27-23(2,3)4)20-13-9-11-15-22(20)28-24(5,6)7;1-5-14(9-13(4)8-12(2)3)10-16-7-6-15-11-16/h8-16H,17H2,1-7H3;6-7,11-14H,5,8-10H2,1-4H3. The van der Waals surface area contributed by atoms with Crippen molar-refractivity contribution in [1.29, 1.82) is 0 Å². The fraction of sp³-hybridized carbons (Fsp3) is 0.553. The summed E-state index contributed by atoms with van der Waals surface area (Å²) in [5.74, 6) is 2.46. The molecule has 0 bridgehead atoms. The Balaban J connectivity index is 0.000000358. The maximum atomic E-state index is 4.10. The molecule has 1 heterocycles. The molecule has 2 atom stereocenters. The van der Waals surface area contributed by atoms with E-state index in [0.29, 0.717) is 6.71 Å². The molecule has 0 amide bonds. The summed E-state index contributed by atoms with van der Waals surface area (Å²) in [4.78, 5) is 6.87. The molecule has 3 rings (SSSR count). The summed E-state index contributed by atoms with van der Waals surface area (Å²) in [6.07, 6.45) is 13.1. The monoisotopic (exact) mass is 696 g/mol. The van der Waals surface area contributed by atoms with Gasteiger partial charge in [0, 0.05) is 38.2 Å². The van der Waals surface area contributed by atoms with E-state index in [2.05, 4.69) is 162 Å². The third-order valence-corrected chi connectivity index (χ3v) is 10.0. The van der Waals surface area contributed by atoms with Crippen molar-refractivity contribution in [3.63, 3.8) is 0 Å². The summed E-state index contributed by atoms with van der Waals surface area (Å²) in [7, 11) is 0. The molecular formula is C38H58BBrN2S2. The van der Waals surface area contributed by atoms with Gasteiger partial charge in [0.05, 0.1) is 6.33 Å². The summed E-state index contributed by atoms with van der Waals surface area (Å²) >= 11 is 7.56. The lowest BCUT2D eigenvalue weighted by Crippen LogP contribution is -2.44. The molecule has 0 aliphatic heterocycles. The number of halogens is 1. The molecule has 0 aliphatic carbocycles. The fourth-order valence-corrected chi connectivity index (χ4v) is 8.07. The molecule has 0 saturated carbocycles. The molecule has 0 radical (unpaired) electrons. The highest BCUT2D eigenvalue weighted by molar-refractivity contribution is 9.11. The molecule has 0 aliphatic rings. The van der Waals surface area contributed by atoms with Gasteiger partial charge in [0.15, 0.2) is 0 Å². The zero-order valence-corrected chi connectivity index (χ0v) is 32.6. The van der Waals surface area contributed by atoms with Gasteiger partial charge in [-0.25, -0.2) is 4.98 Å². The van der Waals surface area contributed by atoms with E-state index in [0.717, 1.165) is 30.6 Å². The van der Waals surface area contributed by atoms with E-state index in [-0.39, 0.29) is 9.49 Å². The van der Waals surface area contributed by atoms with Crippen LogP contribution in [-0.2, 0) is 6.54 Å². The Bertz CT molecular complexity index is 1190. The van der Waals surface area contributed by atoms with Crippen molar-refractivity contribution >= 4 is 57.1 Å². The van der Waals surface area contributed by atoms with Crippen LogP contribution in [0.1, 0.15) is 95.4 Å². The second-order valence-electron chi connectivity index (χ2n) is 14.6. The van der Waals surface area contributed by atoms with Crippen molar-refractivity contribution in [2.24, 2.45) is 17.8 Å². The number of thioether (sulfide) groups is 2. The maximum absolute atomic E-state index is 4.10. The van der Waals surface area contributed by atoms with Crippen LogP contribution >= 0.6 is 39.5 Å². The van der Waals surface area contributed by atoms with Gasteiger partial charge >= 0.3 is 0 Å². The van der Waals surface area contributed by atoms with Crippen LogP contribution in [0.5, 0.6) is 0 Å². The summed E-state index contributed by atoms with van der Waals surface area (Å²) in [6, 6.07) is 17.9. The van der Waals surface area contributed by atoms with Crippen LogP contribution in [0.15, 0.2) is 87.6 Å². The molecule has 44 heavy (non-hydrogen) atoms. The molecule has 0 spiro atoms. The Morgan fingerprint density at radius 3 is 1.82 bits per heavy atom. The average molecular weight is 698 g/mol. The number of imidazole rings is 1. The summed E-state index contributed by atoms with van der Waals surface area (Å²) in [5, 5.41) is 0. The van der Waals surface area contributed by atoms with Crippen molar-refractivity contribution in [3.05, 3.63) is 77.8 Å². The lowest BCUT2D eigenvalue weighted by atomic mass is 9.38. The molecule has 6 heteroatoms. The maximum Gasteiger partial charge on any atom is 0.216 e. The summed E-state index contributed by atoms with van der Waals surface area (Å²) in [6.45, 7) is 26.6. The van der Waals surface area contributed by atoms with E-state index in [1.54, 1.807) is 0 Å². The lowest BCUT2D eigenvalue weighted by Gasteiger charge is -2.25. The minimum Gasteiger partial charge on any atom is -0.337 e. The third-order valence-electron chi connectivity index (χ3n) is 7.27. The zero-order valence-electron chi connectivity index (χ0n) is 29.4. The number of nitrogens with zero attached hydrogens (tertiary/aromatic N) is 2. The highest BCUT2D eigenvalue weighted by Gasteiger charge is 2.27. The van der Waals surface area contributed by atoms with Crippen LogP contribution in [0.4, 0.5) is 0 Å². The van der Waals surface area contributed by atoms with Gasteiger partial charge in [0.2, 0.25) is 6.71 Å². The van der Waals surface area contributed by atoms with E-state index in [1.807, 2.05) is 36.0 Å². The van der Waals surface area contributed by atoms with Crippen molar-refractivity contribution in [3.8, 4) is 0 Å². The summed E-state index contributed by atoms with van der Waals surface area (Å²) < 4.78 is 3.76. The molecule has 3 aromatic rings. The van der Waals surface area contributed by atoms with E-state index in [4.69, 9.17) is 0 Å². The Labute approximate surface area is 288 Å². The average Bonchev–Trinajstić information content (AvgIpc) is 3.41. The van der Waals surface area contributed by atoms with Gasteiger partial charge < -0.3 is 4.57 Å². The number of rotatable bonds is 13. The molecule has 2 unspecified atom stereocenters. The van der Waals surface area contributed by atoms with Crippen LogP contribution in [-0.4, -0.2) is 25.8 Å². The quantitative estimate of drug-likeness (QED) is 0.131. The molecular weight excluding hydrogens is 639 g/mol. The van der Waals surface area contributed by atoms with Gasteiger partial charge in [-0.05, 0) is 60.5 Å². The Kier molecular flexibility index (Phi) is 16.5. The minimum atomic E-state index is 0.182. The Morgan fingerprint density at radius 2 is 1.41 bits per heavy atom. The van der Waals surface area contributed by atoms with Crippen LogP contribution in [0, 0.1) is 17.8 Å². The third kappa shape index (κ3) is 15.3. The van der Waals surface area contributed by atoms with Gasteiger partial charge in [-0.2, -0.15) is 0 Å². The zero-order chi connectivity index (χ0) is 32.9. The topological polar surface area (TPSA) is 17.8 Å². The van der Waals surface area contributed by atoms with Crippen molar-refractivity contribution in [1.82, 2.24) is 9.55 Å². The Hall–Kier alpha value is -1.37. The SMILES string of the molecule is CC(Br)=CCB(c1ccccc1SC(C)(C)C)c1ccccc1SC(C)(C)C.CCC(CC(C)CC(C)C)Cn1ccnc1.